The van der Waals surface area contributed by atoms with Gasteiger partial charge in [-0.15, -0.1) is 11.3 Å². The molecule has 2 N–H and O–H groups in total. The van der Waals surface area contributed by atoms with Crippen LogP contribution in [-0.4, -0.2) is 26.0 Å². The molecule has 0 unspecified atom stereocenters. The highest BCUT2D eigenvalue weighted by molar-refractivity contribution is 7.91. The molecule has 2 atom stereocenters. The fourth-order valence-electron chi connectivity index (χ4n) is 2.48. The zero-order valence-corrected chi connectivity index (χ0v) is 12.0. The topological polar surface area (TPSA) is 83.5 Å². The van der Waals surface area contributed by atoms with E-state index >= 15 is 0 Å². The van der Waals surface area contributed by atoms with Gasteiger partial charge >= 0.3 is 5.97 Å². The number of carboxylic acid groups (broad SMARTS) is 1. The monoisotopic (exact) mass is 303 g/mol. The highest BCUT2D eigenvalue weighted by Gasteiger charge is 2.31. The van der Waals surface area contributed by atoms with Gasteiger partial charge in [0.2, 0.25) is 10.0 Å². The Morgan fingerprint density at radius 3 is 2.79 bits per heavy atom. The summed E-state index contributed by atoms with van der Waals surface area (Å²) in [4.78, 5) is 11.1. The van der Waals surface area contributed by atoms with Crippen LogP contribution in [0.5, 0.6) is 0 Å². The molecular weight excluding hydrogens is 286 g/mol. The molecule has 0 spiro atoms. The van der Waals surface area contributed by atoms with Crippen LogP contribution >= 0.6 is 11.3 Å². The fraction of sp³-hybridized carbons (Fsp3) is 0.583. The lowest BCUT2D eigenvalue weighted by molar-refractivity contribution is -0.144. The highest BCUT2D eigenvalue weighted by Crippen LogP contribution is 2.30. The lowest BCUT2D eigenvalue weighted by Crippen LogP contribution is -2.37. The van der Waals surface area contributed by atoms with Crippen LogP contribution in [0, 0.1) is 11.8 Å². The van der Waals surface area contributed by atoms with Gasteiger partial charge in [0.15, 0.2) is 0 Å². The van der Waals surface area contributed by atoms with Crippen molar-refractivity contribution in [2.45, 2.75) is 29.9 Å². The van der Waals surface area contributed by atoms with Crippen molar-refractivity contribution in [2.24, 2.45) is 11.8 Å². The minimum Gasteiger partial charge on any atom is -0.481 e. The largest absolute Gasteiger partial charge is 0.481 e. The Bertz CT molecular complexity index is 524. The minimum atomic E-state index is -3.49. The molecule has 19 heavy (non-hydrogen) atoms. The van der Waals surface area contributed by atoms with Gasteiger partial charge in [0, 0.05) is 6.54 Å². The molecule has 0 saturated heterocycles. The Labute approximate surface area is 116 Å². The molecule has 0 aromatic carbocycles. The summed E-state index contributed by atoms with van der Waals surface area (Å²) >= 11 is 1.16. The molecule has 1 aliphatic carbocycles. The Balaban J connectivity index is 1.99. The quantitative estimate of drug-likeness (QED) is 0.870. The van der Waals surface area contributed by atoms with E-state index in [4.69, 9.17) is 5.11 Å². The second-order valence-corrected chi connectivity index (χ2v) is 7.71. The molecule has 1 saturated carbocycles. The summed E-state index contributed by atoms with van der Waals surface area (Å²) in [6.07, 6.45) is 3.28. The average Bonchev–Trinajstić information content (AvgIpc) is 2.91. The molecule has 1 aliphatic rings. The SMILES string of the molecule is O=C(O)[C@H]1CCCC[C@H]1CNS(=O)(=O)c1cccs1. The van der Waals surface area contributed by atoms with Crippen molar-refractivity contribution in [1.82, 2.24) is 4.72 Å². The minimum absolute atomic E-state index is 0.110. The first-order chi connectivity index (χ1) is 9.00. The van der Waals surface area contributed by atoms with Crippen molar-refractivity contribution in [3.8, 4) is 0 Å². The molecule has 0 bridgehead atoms. The van der Waals surface area contributed by atoms with E-state index in [0.717, 1.165) is 30.6 Å². The Kier molecular flexibility index (Phi) is 4.59. The predicted octanol–water partition coefficient (Wildman–Crippen LogP) is 1.92. The van der Waals surface area contributed by atoms with Gasteiger partial charge in [-0.2, -0.15) is 0 Å². The first-order valence-electron chi connectivity index (χ1n) is 6.26. The van der Waals surface area contributed by atoms with Crippen molar-refractivity contribution in [3.05, 3.63) is 17.5 Å². The molecule has 0 radical (unpaired) electrons. The fourth-order valence-corrected chi connectivity index (χ4v) is 4.61. The summed E-state index contributed by atoms with van der Waals surface area (Å²) in [5, 5.41) is 10.9. The Hall–Kier alpha value is -0.920. The molecule has 5 nitrogen and oxygen atoms in total. The van der Waals surface area contributed by atoms with Gasteiger partial charge in [-0.25, -0.2) is 13.1 Å². The smallest absolute Gasteiger partial charge is 0.306 e. The number of aliphatic carboxylic acids is 1. The molecule has 1 aromatic heterocycles. The van der Waals surface area contributed by atoms with Crippen molar-refractivity contribution < 1.29 is 18.3 Å². The van der Waals surface area contributed by atoms with Crippen LogP contribution in [0.15, 0.2) is 21.7 Å². The standard InChI is InChI=1S/C12H17NO4S2/c14-12(15)10-5-2-1-4-9(10)8-13-19(16,17)11-6-3-7-18-11/h3,6-7,9-10,13H,1-2,4-5,8H2,(H,14,15)/t9-,10-/m0/s1. The van der Waals surface area contributed by atoms with Crippen molar-refractivity contribution in [2.75, 3.05) is 6.54 Å². The second-order valence-electron chi connectivity index (χ2n) is 4.77. The summed E-state index contributed by atoms with van der Waals surface area (Å²) in [6.45, 7) is 0.206. The van der Waals surface area contributed by atoms with Gasteiger partial charge in [0.25, 0.3) is 0 Å². The van der Waals surface area contributed by atoms with Gasteiger partial charge in [-0.05, 0) is 30.2 Å². The lowest BCUT2D eigenvalue weighted by atomic mass is 9.79. The third-order valence-electron chi connectivity index (χ3n) is 3.52. The second kappa shape index (κ2) is 6.02. The number of hydrogen-bond donors (Lipinski definition) is 2. The Morgan fingerprint density at radius 2 is 2.16 bits per heavy atom. The van der Waals surface area contributed by atoms with Gasteiger partial charge in [0.1, 0.15) is 4.21 Å². The maximum absolute atomic E-state index is 12.0. The van der Waals surface area contributed by atoms with E-state index in [9.17, 15) is 13.2 Å². The highest BCUT2D eigenvalue weighted by atomic mass is 32.2. The number of rotatable bonds is 5. The first-order valence-corrected chi connectivity index (χ1v) is 8.63. The lowest BCUT2D eigenvalue weighted by Gasteiger charge is -2.28. The van der Waals surface area contributed by atoms with Gasteiger partial charge in [-0.1, -0.05) is 18.9 Å². The molecule has 0 amide bonds. The van der Waals surface area contributed by atoms with Crippen LogP contribution < -0.4 is 4.72 Å². The molecule has 1 heterocycles. The Morgan fingerprint density at radius 1 is 1.42 bits per heavy atom. The van der Waals surface area contributed by atoms with E-state index in [1.165, 1.54) is 0 Å². The zero-order valence-electron chi connectivity index (χ0n) is 10.4. The number of sulfonamides is 1. The molecular formula is C12H17NO4S2. The van der Waals surface area contributed by atoms with Gasteiger partial charge in [0.05, 0.1) is 5.92 Å². The third-order valence-corrected chi connectivity index (χ3v) is 6.34. The van der Waals surface area contributed by atoms with Crippen molar-refractivity contribution in [1.29, 1.82) is 0 Å². The summed E-state index contributed by atoms with van der Waals surface area (Å²) in [6, 6.07) is 3.22. The molecule has 106 valence electrons. The van der Waals surface area contributed by atoms with Crippen LogP contribution in [0.25, 0.3) is 0 Å². The summed E-state index contributed by atoms with van der Waals surface area (Å²) in [7, 11) is -3.49. The molecule has 7 heteroatoms. The number of nitrogens with one attached hydrogen (secondary N) is 1. The summed E-state index contributed by atoms with van der Waals surface area (Å²) in [5.41, 5.74) is 0. The van der Waals surface area contributed by atoms with Gasteiger partial charge < -0.3 is 5.11 Å². The molecule has 2 rings (SSSR count). The van der Waals surface area contributed by atoms with Crippen LogP contribution in [-0.2, 0) is 14.8 Å². The average molecular weight is 303 g/mol. The van der Waals surface area contributed by atoms with Crippen LogP contribution in [0.2, 0.25) is 0 Å². The van der Waals surface area contributed by atoms with E-state index < -0.39 is 21.9 Å². The van der Waals surface area contributed by atoms with Crippen LogP contribution in [0.4, 0.5) is 0 Å². The maximum atomic E-state index is 12.0. The van der Waals surface area contributed by atoms with E-state index in [0.29, 0.717) is 6.42 Å². The predicted molar refractivity (Wildman–Crippen MR) is 72.6 cm³/mol. The van der Waals surface area contributed by atoms with E-state index in [-0.39, 0.29) is 16.7 Å². The normalized spacial score (nSPS) is 24.2. The van der Waals surface area contributed by atoms with Crippen LogP contribution in [0.3, 0.4) is 0 Å². The third kappa shape index (κ3) is 3.55. The molecule has 0 aliphatic heterocycles. The van der Waals surface area contributed by atoms with Gasteiger partial charge in [-0.3, -0.25) is 4.79 Å². The van der Waals surface area contributed by atoms with Crippen molar-refractivity contribution >= 4 is 27.3 Å². The maximum Gasteiger partial charge on any atom is 0.306 e. The van der Waals surface area contributed by atoms with E-state index in [2.05, 4.69) is 4.72 Å². The number of thiophene rings is 1. The summed E-state index contributed by atoms with van der Waals surface area (Å²) < 4.78 is 26.7. The van der Waals surface area contributed by atoms with E-state index in [1.54, 1.807) is 17.5 Å². The van der Waals surface area contributed by atoms with Crippen molar-refractivity contribution in [3.63, 3.8) is 0 Å². The first kappa shape index (κ1) is 14.5. The molecule has 1 aromatic rings. The number of hydrogen-bond acceptors (Lipinski definition) is 4. The number of carboxylic acids is 1. The summed E-state index contributed by atoms with van der Waals surface area (Å²) in [5.74, 6) is -1.36. The molecule has 1 fully saturated rings. The van der Waals surface area contributed by atoms with Crippen LogP contribution in [0.1, 0.15) is 25.7 Å². The zero-order chi connectivity index (χ0) is 13.9. The number of carbonyl (C=O) groups is 1. The van der Waals surface area contributed by atoms with E-state index in [1.807, 2.05) is 0 Å².